The van der Waals surface area contributed by atoms with Gasteiger partial charge in [0.25, 0.3) is 0 Å². The molecule has 0 aliphatic carbocycles. The minimum Gasteiger partial charge on any atom is -0.456 e. The summed E-state index contributed by atoms with van der Waals surface area (Å²) in [6.07, 6.45) is 0. The molecular weight excluding hydrogens is 496 g/mol. The van der Waals surface area contributed by atoms with Crippen molar-refractivity contribution in [2.75, 3.05) is 11.5 Å². The van der Waals surface area contributed by atoms with Crippen LogP contribution >= 0.6 is 34.0 Å². The maximum Gasteiger partial charge on any atom is 0.135 e. The van der Waals surface area contributed by atoms with Crippen molar-refractivity contribution in [2.45, 2.75) is 27.7 Å². The highest BCUT2D eigenvalue weighted by molar-refractivity contribution is 8.93. The minimum atomic E-state index is 0. The van der Waals surface area contributed by atoms with Gasteiger partial charge in [-0.1, -0.05) is 24.3 Å². The zero-order valence-corrected chi connectivity index (χ0v) is 20.3. The van der Waals surface area contributed by atoms with Gasteiger partial charge in [0.1, 0.15) is 11.5 Å². The molecule has 3 aromatic rings. The molecule has 0 unspecified atom stereocenters. The fourth-order valence-corrected chi connectivity index (χ4v) is 3.27. The molecule has 0 saturated carbocycles. The Hall–Kier alpha value is -2.38. The average Bonchev–Trinajstić information content (AvgIpc) is 3.08. The second-order valence-corrected chi connectivity index (χ2v) is 6.81. The maximum atomic E-state index is 7.83. The fraction of sp³-hybridized carbons (Fsp3) is 0.182. The van der Waals surface area contributed by atoms with Gasteiger partial charge in [0, 0.05) is 45.1 Å². The van der Waals surface area contributed by atoms with Crippen LogP contribution in [0.5, 0.6) is 0 Å². The predicted molar refractivity (Wildman–Crippen MR) is 134 cm³/mol. The van der Waals surface area contributed by atoms with E-state index in [-0.39, 0.29) is 34.0 Å². The number of furan rings is 1. The zero-order chi connectivity index (χ0) is 19.9. The monoisotopic (exact) mass is 520 g/mol. The second-order valence-electron chi connectivity index (χ2n) is 6.81. The number of benzene rings is 2. The first-order valence-electron chi connectivity index (χ1n) is 8.72. The Morgan fingerprint density at radius 1 is 0.690 bits per heavy atom. The summed E-state index contributed by atoms with van der Waals surface area (Å²) in [5.74, 6) is 1.43. The van der Waals surface area contributed by atoms with Gasteiger partial charge in [0.15, 0.2) is 0 Å². The molecule has 1 aromatic heterocycles. The van der Waals surface area contributed by atoms with Crippen LogP contribution in [0.4, 0.5) is 11.4 Å². The lowest BCUT2D eigenvalue weighted by Crippen LogP contribution is -2.03. The number of nitrogens with one attached hydrogen (secondary N) is 2. The van der Waals surface area contributed by atoms with Crippen LogP contribution in [0.15, 0.2) is 40.8 Å². The third-order valence-electron chi connectivity index (χ3n) is 4.97. The lowest BCUT2D eigenvalue weighted by molar-refractivity contribution is 0.596. The Balaban J connectivity index is 0.00000210. The topological polar surface area (TPSA) is 113 Å². The first kappa shape index (κ1) is 24.7. The van der Waals surface area contributed by atoms with Gasteiger partial charge in [-0.3, -0.25) is 0 Å². The van der Waals surface area contributed by atoms with Crippen molar-refractivity contribution in [1.29, 1.82) is 10.8 Å². The number of anilines is 2. The Bertz CT molecular complexity index is 1000. The van der Waals surface area contributed by atoms with Gasteiger partial charge in [0.05, 0.1) is 0 Å². The second kappa shape index (κ2) is 9.41. The highest BCUT2D eigenvalue weighted by atomic mass is 79.9. The molecule has 3 rings (SSSR count). The first-order chi connectivity index (χ1) is 12.7. The number of hydrogen-bond acceptors (Lipinski definition) is 5. The molecule has 0 spiro atoms. The summed E-state index contributed by atoms with van der Waals surface area (Å²) in [5.41, 5.74) is 19.6. The average molecular weight is 522 g/mol. The van der Waals surface area contributed by atoms with Gasteiger partial charge in [0.2, 0.25) is 0 Å². The van der Waals surface area contributed by atoms with E-state index in [0.717, 1.165) is 33.4 Å². The number of halogens is 2. The summed E-state index contributed by atoms with van der Waals surface area (Å²) in [6, 6.07) is 11.4. The molecular formula is C22H26Br2N4O. The van der Waals surface area contributed by atoms with Gasteiger partial charge in [-0.25, -0.2) is 0 Å². The van der Waals surface area contributed by atoms with Crippen LogP contribution in [-0.4, -0.2) is 11.4 Å². The van der Waals surface area contributed by atoms with Gasteiger partial charge in [-0.15, -0.1) is 34.0 Å². The molecule has 1 heterocycles. The van der Waals surface area contributed by atoms with Crippen molar-refractivity contribution < 1.29 is 4.42 Å². The van der Waals surface area contributed by atoms with E-state index in [2.05, 4.69) is 0 Å². The quantitative estimate of drug-likeness (QED) is 0.237. The van der Waals surface area contributed by atoms with Crippen LogP contribution in [0.2, 0.25) is 0 Å². The Morgan fingerprint density at radius 3 is 1.34 bits per heavy atom. The molecule has 0 aliphatic heterocycles. The SMILES string of the molecule is Br.Br.CC(=N)c1ccc(-c2ccc(-c3ccc(C(C)=N)c(N)c3C)o2)c(C)c1N. The normalized spacial score (nSPS) is 10.1. The van der Waals surface area contributed by atoms with Gasteiger partial charge in [-0.05, 0) is 51.0 Å². The predicted octanol–water partition coefficient (Wildman–Crippen LogP) is 6.33. The Morgan fingerprint density at radius 2 is 1.03 bits per heavy atom. The Labute approximate surface area is 192 Å². The molecule has 154 valence electrons. The summed E-state index contributed by atoms with van der Waals surface area (Å²) in [7, 11) is 0. The van der Waals surface area contributed by atoms with Gasteiger partial charge >= 0.3 is 0 Å². The van der Waals surface area contributed by atoms with Crippen molar-refractivity contribution >= 4 is 56.8 Å². The summed E-state index contributed by atoms with van der Waals surface area (Å²) in [5, 5.41) is 15.7. The fourth-order valence-electron chi connectivity index (χ4n) is 3.27. The van der Waals surface area contributed by atoms with Crippen LogP contribution in [0.3, 0.4) is 0 Å². The lowest BCUT2D eigenvalue weighted by atomic mass is 9.98. The molecule has 29 heavy (non-hydrogen) atoms. The van der Waals surface area contributed by atoms with E-state index < -0.39 is 0 Å². The summed E-state index contributed by atoms with van der Waals surface area (Å²) < 4.78 is 6.11. The number of nitrogen functional groups attached to an aromatic ring is 2. The summed E-state index contributed by atoms with van der Waals surface area (Å²) >= 11 is 0. The highest BCUT2D eigenvalue weighted by Gasteiger charge is 2.16. The highest BCUT2D eigenvalue weighted by Crippen LogP contribution is 2.36. The Kier molecular flexibility index (Phi) is 8.00. The van der Waals surface area contributed by atoms with E-state index in [0.29, 0.717) is 34.3 Å². The van der Waals surface area contributed by atoms with Crippen LogP contribution in [-0.2, 0) is 0 Å². The zero-order valence-electron chi connectivity index (χ0n) is 16.8. The number of rotatable bonds is 4. The molecule has 0 saturated heterocycles. The molecule has 0 amide bonds. The van der Waals surface area contributed by atoms with E-state index in [9.17, 15) is 0 Å². The molecule has 6 N–H and O–H groups in total. The van der Waals surface area contributed by atoms with E-state index >= 15 is 0 Å². The smallest absolute Gasteiger partial charge is 0.135 e. The molecule has 7 heteroatoms. The van der Waals surface area contributed by atoms with Crippen molar-refractivity contribution in [3.8, 4) is 22.6 Å². The van der Waals surface area contributed by atoms with E-state index in [4.69, 9.17) is 26.7 Å². The molecule has 0 radical (unpaired) electrons. The van der Waals surface area contributed by atoms with Crippen LogP contribution in [0.1, 0.15) is 36.1 Å². The van der Waals surface area contributed by atoms with E-state index in [1.165, 1.54) is 0 Å². The third kappa shape index (κ3) is 4.46. The van der Waals surface area contributed by atoms with Crippen molar-refractivity contribution in [2.24, 2.45) is 0 Å². The van der Waals surface area contributed by atoms with E-state index in [1.807, 2.05) is 50.2 Å². The third-order valence-corrected chi connectivity index (χ3v) is 4.97. The molecule has 2 aromatic carbocycles. The first-order valence-corrected chi connectivity index (χ1v) is 8.72. The van der Waals surface area contributed by atoms with Crippen molar-refractivity contribution in [1.82, 2.24) is 0 Å². The largest absolute Gasteiger partial charge is 0.456 e. The number of nitrogens with two attached hydrogens (primary N) is 2. The molecule has 5 nitrogen and oxygen atoms in total. The lowest BCUT2D eigenvalue weighted by Gasteiger charge is -2.12. The number of hydrogen-bond donors (Lipinski definition) is 4. The van der Waals surface area contributed by atoms with Crippen LogP contribution < -0.4 is 11.5 Å². The van der Waals surface area contributed by atoms with Crippen LogP contribution in [0.25, 0.3) is 22.6 Å². The van der Waals surface area contributed by atoms with Gasteiger partial charge < -0.3 is 26.7 Å². The molecule has 0 atom stereocenters. The summed E-state index contributed by atoms with van der Waals surface area (Å²) in [6.45, 7) is 7.32. The molecule has 0 aliphatic rings. The molecule has 0 bridgehead atoms. The van der Waals surface area contributed by atoms with Crippen molar-refractivity contribution in [3.63, 3.8) is 0 Å². The summed E-state index contributed by atoms with van der Waals surface area (Å²) in [4.78, 5) is 0. The standard InChI is InChI=1S/C22H24N4O.2BrH/c1-11-15(5-7-17(13(3)23)21(11)25)19-9-10-20(27-19)16-6-8-18(14(4)24)22(26)12(16)2;;/h5-10,23-24H,25-26H2,1-4H3;2*1H. The van der Waals surface area contributed by atoms with Gasteiger partial charge in [-0.2, -0.15) is 0 Å². The molecule has 0 fully saturated rings. The minimum absolute atomic E-state index is 0. The van der Waals surface area contributed by atoms with Crippen LogP contribution in [0, 0.1) is 24.7 Å². The van der Waals surface area contributed by atoms with E-state index in [1.54, 1.807) is 13.8 Å². The van der Waals surface area contributed by atoms with Crippen molar-refractivity contribution in [3.05, 3.63) is 58.7 Å². The maximum absolute atomic E-state index is 7.83.